The van der Waals surface area contributed by atoms with E-state index in [0.717, 1.165) is 19.4 Å². The fourth-order valence-electron chi connectivity index (χ4n) is 2.15. The zero-order valence-electron chi connectivity index (χ0n) is 11.2. The second-order valence-corrected chi connectivity index (χ2v) is 5.40. The number of likely N-dealkylation sites (N-methyl/N-ethyl adjacent to an activating group) is 1. The molecule has 1 amide bonds. The molecule has 0 saturated heterocycles. The summed E-state index contributed by atoms with van der Waals surface area (Å²) in [5, 5.41) is 3.37. The first-order valence-electron chi connectivity index (χ1n) is 6.54. The standard InChI is InChI=1S/C13H26N2O/c1-5-9-13(3,4)14-10-12(16)15(6-2)11-7-8-11/h11,14H,5-10H2,1-4H3. The van der Waals surface area contributed by atoms with Gasteiger partial charge >= 0.3 is 0 Å². The first-order valence-corrected chi connectivity index (χ1v) is 6.54. The van der Waals surface area contributed by atoms with E-state index in [-0.39, 0.29) is 11.4 Å². The van der Waals surface area contributed by atoms with E-state index in [4.69, 9.17) is 0 Å². The van der Waals surface area contributed by atoms with Crippen LogP contribution in [0.15, 0.2) is 0 Å². The number of nitrogens with one attached hydrogen (secondary N) is 1. The van der Waals surface area contributed by atoms with Crippen molar-refractivity contribution in [3.63, 3.8) is 0 Å². The molecule has 3 heteroatoms. The fraction of sp³-hybridized carbons (Fsp3) is 0.923. The minimum atomic E-state index is 0.0768. The van der Waals surface area contributed by atoms with Crippen LogP contribution in [0.1, 0.15) is 53.4 Å². The van der Waals surface area contributed by atoms with Gasteiger partial charge in [-0.3, -0.25) is 4.79 Å². The zero-order valence-corrected chi connectivity index (χ0v) is 11.2. The van der Waals surface area contributed by atoms with Crippen molar-refractivity contribution in [3.8, 4) is 0 Å². The van der Waals surface area contributed by atoms with E-state index in [1.165, 1.54) is 12.8 Å². The van der Waals surface area contributed by atoms with Crippen molar-refractivity contribution >= 4 is 5.91 Å². The second kappa shape index (κ2) is 5.67. The van der Waals surface area contributed by atoms with Gasteiger partial charge in [0.05, 0.1) is 6.54 Å². The zero-order chi connectivity index (χ0) is 12.2. The Bertz CT molecular complexity index is 234. The van der Waals surface area contributed by atoms with Gasteiger partial charge in [0.1, 0.15) is 0 Å². The number of amides is 1. The largest absolute Gasteiger partial charge is 0.339 e. The van der Waals surface area contributed by atoms with Crippen molar-refractivity contribution < 1.29 is 4.79 Å². The first-order chi connectivity index (χ1) is 7.50. The maximum atomic E-state index is 12.0. The summed E-state index contributed by atoms with van der Waals surface area (Å²) >= 11 is 0. The quantitative estimate of drug-likeness (QED) is 0.721. The highest BCUT2D eigenvalue weighted by Crippen LogP contribution is 2.26. The van der Waals surface area contributed by atoms with Crippen molar-refractivity contribution in [1.82, 2.24) is 10.2 Å². The third kappa shape index (κ3) is 4.12. The molecule has 0 spiro atoms. The maximum absolute atomic E-state index is 12.0. The lowest BCUT2D eigenvalue weighted by Gasteiger charge is -2.28. The van der Waals surface area contributed by atoms with Crippen molar-refractivity contribution in [2.24, 2.45) is 0 Å². The normalized spacial score (nSPS) is 16.2. The molecule has 0 radical (unpaired) electrons. The molecule has 3 nitrogen and oxygen atoms in total. The highest BCUT2D eigenvalue weighted by atomic mass is 16.2. The van der Waals surface area contributed by atoms with Gasteiger partial charge < -0.3 is 10.2 Å². The molecule has 0 bridgehead atoms. The molecule has 0 heterocycles. The molecule has 0 aromatic heterocycles. The van der Waals surface area contributed by atoms with Crippen LogP contribution in [-0.2, 0) is 4.79 Å². The van der Waals surface area contributed by atoms with Gasteiger partial charge in [0.15, 0.2) is 0 Å². The van der Waals surface area contributed by atoms with Gasteiger partial charge in [0.25, 0.3) is 0 Å². The predicted molar refractivity (Wildman–Crippen MR) is 67.4 cm³/mol. The summed E-state index contributed by atoms with van der Waals surface area (Å²) in [6.45, 7) is 9.90. The van der Waals surface area contributed by atoms with E-state index in [1.807, 2.05) is 4.90 Å². The van der Waals surface area contributed by atoms with Gasteiger partial charge in [-0.05, 0) is 40.0 Å². The molecule has 1 rings (SSSR count). The van der Waals surface area contributed by atoms with Crippen LogP contribution in [0.25, 0.3) is 0 Å². The van der Waals surface area contributed by atoms with Crippen molar-refractivity contribution in [2.75, 3.05) is 13.1 Å². The van der Waals surface area contributed by atoms with Gasteiger partial charge in [-0.15, -0.1) is 0 Å². The lowest BCUT2D eigenvalue weighted by Crippen LogP contribution is -2.47. The average molecular weight is 226 g/mol. The predicted octanol–water partition coefficient (Wildman–Crippen LogP) is 2.17. The van der Waals surface area contributed by atoms with Crippen LogP contribution in [0, 0.1) is 0 Å². The summed E-state index contributed by atoms with van der Waals surface area (Å²) in [7, 11) is 0. The van der Waals surface area contributed by atoms with Crippen LogP contribution < -0.4 is 5.32 Å². The summed E-state index contributed by atoms with van der Waals surface area (Å²) < 4.78 is 0. The van der Waals surface area contributed by atoms with Gasteiger partial charge in [-0.2, -0.15) is 0 Å². The smallest absolute Gasteiger partial charge is 0.236 e. The third-order valence-corrected chi connectivity index (χ3v) is 3.24. The van der Waals surface area contributed by atoms with Gasteiger partial charge in [0.2, 0.25) is 5.91 Å². The van der Waals surface area contributed by atoms with E-state index in [1.54, 1.807) is 0 Å². The lowest BCUT2D eigenvalue weighted by molar-refractivity contribution is -0.130. The van der Waals surface area contributed by atoms with Crippen LogP contribution in [0.5, 0.6) is 0 Å². The topological polar surface area (TPSA) is 32.3 Å². The third-order valence-electron chi connectivity index (χ3n) is 3.24. The van der Waals surface area contributed by atoms with Crippen molar-refractivity contribution in [1.29, 1.82) is 0 Å². The molecule has 0 unspecified atom stereocenters. The average Bonchev–Trinajstić information content (AvgIpc) is 3.00. The lowest BCUT2D eigenvalue weighted by atomic mass is 9.99. The number of carbonyl (C=O) groups excluding carboxylic acids is 1. The molecule has 0 aliphatic heterocycles. The molecule has 1 saturated carbocycles. The Balaban J connectivity index is 2.33. The van der Waals surface area contributed by atoms with Crippen molar-refractivity contribution in [3.05, 3.63) is 0 Å². The van der Waals surface area contributed by atoms with E-state index in [9.17, 15) is 4.79 Å². The molecular weight excluding hydrogens is 200 g/mol. The molecule has 1 aliphatic carbocycles. The second-order valence-electron chi connectivity index (χ2n) is 5.40. The van der Waals surface area contributed by atoms with E-state index >= 15 is 0 Å². The Kier molecular flexibility index (Phi) is 4.78. The number of nitrogens with zero attached hydrogens (tertiary/aromatic N) is 1. The molecule has 1 fully saturated rings. The highest BCUT2D eigenvalue weighted by molar-refractivity contribution is 5.79. The van der Waals surface area contributed by atoms with Gasteiger partial charge in [0, 0.05) is 18.1 Å². The van der Waals surface area contributed by atoms with E-state index < -0.39 is 0 Å². The van der Waals surface area contributed by atoms with Crippen LogP contribution in [0.2, 0.25) is 0 Å². The van der Waals surface area contributed by atoms with E-state index in [2.05, 4.69) is 33.0 Å². The minimum Gasteiger partial charge on any atom is -0.339 e. The van der Waals surface area contributed by atoms with Crippen LogP contribution >= 0.6 is 0 Å². The molecule has 16 heavy (non-hydrogen) atoms. The Morgan fingerprint density at radius 2 is 2.00 bits per heavy atom. The monoisotopic (exact) mass is 226 g/mol. The molecule has 1 N–H and O–H groups in total. The number of hydrogen-bond acceptors (Lipinski definition) is 2. The van der Waals surface area contributed by atoms with Crippen LogP contribution in [0.4, 0.5) is 0 Å². The minimum absolute atomic E-state index is 0.0768. The Hall–Kier alpha value is -0.570. The summed E-state index contributed by atoms with van der Waals surface area (Å²) in [4.78, 5) is 14.0. The van der Waals surface area contributed by atoms with Gasteiger partial charge in [-0.25, -0.2) is 0 Å². The van der Waals surface area contributed by atoms with Crippen LogP contribution in [-0.4, -0.2) is 35.5 Å². The summed E-state index contributed by atoms with van der Waals surface area (Å²) in [6.07, 6.45) is 4.64. The first kappa shape index (κ1) is 13.5. The Labute approximate surface area is 99.6 Å². The fourth-order valence-corrected chi connectivity index (χ4v) is 2.15. The number of rotatable bonds is 7. The maximum Gasteiger partial charge on any atom is 0.236 e. The molecule has 0 aromatic carbocycles. The van der Waals surface area contributed by atoms with Crippen LogP contribution in [0.3, 0.4) is 0 Å². The van der Waals surface area contributed by atoms with E-state index in [0.29, 0.717) is 12.6 Å². The summed E-state index contributed by atoms with van der Waals surface area (Å²) in [5.74, 6) is 0.258. The number of carbonyl (C=O) groups is 1. The molecule has 0 atom stereocenters. The summed E-state index contributed by atoms with van der Waals surface area (Å²) in [5.41, 5.74) is 0.0768. The Morgan fingerprint density at radius 1 is 1.38 bits per heavy atom. The SMILES string of the molecule is CCCC(C)(C)NCC(=O)N(CC)C1CC1. The Morgan fingerprint density at radius 3 is 2.44 bits per heavy atom. The number of hydrogen-bond donors (Lipinski definition) is 1. The highest BCUT2D eigenvalue weighted by Gasteiger charge is 2.31. The molecule has 94 valence electrons. The molecule has 1 aliphatic rings. The van der Waals surface area contributed by atoms with Crippen molar-refractivity contribution in [2.45, 2.75) is 65.0 Å². The van der Waals surface area contributed by atoms with Gasteiger partial charge in [-0.1, -0.05) is 13.3 Å². The summed E-state index contributed by atoms with van der Waals surface area (Å²) in [6, 6.07) is 0.536. The molecular formula is C13H26N2O. The molecule has 0 aromatic rings.